The molecule has 6 heteroatoms. The molecule has 2 aliphatic heterocycles. The van der Waals surface area contributed by atoms with E-state index in [0.717, 1.165) is 52.2 Å². The van der Waals surface area contributed by atoms with E-state index >= 15 is 0 Å². The Balaban J connectivity index is 1.41. The summed E-state index contributed by atoms with van der Waals surface area (Å²) in [5, 5.41) is 3.50. The summed E-state index contributed by atoms with van der Waals surface area (Å²) in [6, 6.07) is 19.9. The van der Waals surface area contributed by atoms with E-state index in [1.807, 2.05) is 60.7 Å². The first-order chi connectivity index (χ1) is 16.7. The molecule has 3 aromatic rings. The van der Waals surface area contributed by atoms with Crippen LogP contribution in [0.1, 0.15) is 41.9 Å². The second-order valence-corrected chi connectivity index (χ2v) is 8.70. The Morgan fingerprint density at radius 3 is 2.62 bits per heavy atom. The number of ether oxygens (including phenoxy) is 4. The SMILES string of the molecule is COc1cc(C2C3=C(CCCC3=O)Nc3cc4c(cc32)OCO4)ccc1OCc1ccccc1. The summed E-state index contributed by atoms with van der Waals surface area (Å²) in [6.07, 6.45) is 2.26. The molecule has 0 amide bonds. The Hall–Kier alpha value is -3.93. The number of rotatable bonds is 5. The van der Waals surface area contributed by atoms with Crippen LogP contribution in [0.4, 0.5) is 5.69 Å². The number of benzene rings is 3. The smallest absolute Gasteiger partial charge is 0.231 e. The summed E-state index contributed by atoms with van der Waals surface area (Å²) >= 11 is 0. The molecule has 1 unspecified atom stereocenters. The van der Waals surface area contributed by atoms with Crippen LogP contribution in [-0.2, 0) is 11.4 Å². The maximum atomic E-state index is 13.1. The normalized spacial score (nSPS) is 18.1. The van der Waals surface area contributed by atoms with Gasteiger partial charge in [-0.05, 0) is 47.7 Å². The van der Waals surface area contributed by atoms with Crippen molar-refractivity contribution in [2.75, 3.05) is 19.2 Å². The summed E-state index contributed by atoms with van der Waals surface area (Å²) in [5.41, 5.74) is 5.84. The van der Waals surface area contributed by atoms with Gasteiger partial charge in [-0.3, -0.25) is 4.79 Å². The van der Waals surface area contributed by atoms with Crippen molar-refractivity contribution < 1.29 is 23.7 Å². The fourth-order valence-electron chi connectivity index (χ4n) is 5.02. The molecular weight excluding hydrogens is 430 g/mol. The topological polar surface area (TPSA) is 66.0 Å². The van der Waals surface area contributed by atoms with E-state index in [1.54, 1.807) is 7.11 Å². The molecule has 0 bridgehead atoms. The molecule has 0 spiro atoms. The average Bonchev–Trinajstić information content (AvgIpc) is 3.33. The lowest BCUT2D eigenvalue weighted by Gasteiger charge is -2.34. The minimum absolute atomic E-state index is 0.186. The standard InChI is InChI=1S/C28H25NO5/c1-31-24-12-18(10-11-23(24)32-15-17-6-3-2-4-7-17)27-19-13-25-26(34-16-33-25)14-21(19)29-20-8-5-9-22(30)28(20)27/h2-4,6-7,10-14,27,29H,5,8-9,15-16H2,1H3. The second-order valence-electron chi connectivity index (χ2n) is 8.70. The molecule has 172 valence electrons. The van der Waals surface area contributed by atoms with Crippen molar-refractivity contribution in [3.63, 3.8) is 0 Å². The Labute approximate surface area is 198 Å². The third kappa shape index (κ3) is 3.55. The number of carbonyl (C=O) groups is 1. The van der Waals surface area contributed by atoms with E-state index in [-0.39, 0.29) is 18.5 Å². The van der Waals surface area contributed by atoms with Crippen LogP contribution < -0.4 is 24.3 Å². The monoisotopic (exact) mass is 455 g/mol. The van der Waals surface area contributed by atoms with Gasteiger partial charge in [-0.2, -0.15) is 0 Å². The molecule has 1 N–H and O–H groups in total. The summed E-state index contributed by atoms with van der Waals surface area (Å²) < 4.78 is 23.0. The minimum Gasteiger partial charge on any atom is -0.493 e. The summed E-state index contributed by atoms with van der Waals surface area (Å²) in [6.45, 7) is 0.653. The molecule has 3 aliphatic rings. The van der Waals surface area contributed by atoms with Crippen LogP contribution in [0.15, 0.2) is 71.9 Å². The molecular formula is C28H25NO5. The van der Waals surface area contributed by atoms with Gasteiger partial charge in [0, 0.05) is 35.4 Å². The van der Waals surface area contributed by atoms with Gasteiger partial charge in [0.1, 0.15) is 6.61 Å². The Bertz CT molecular complexity index is 1300. The highest BCUT2D eigenvalue weighted by Crippen LogP contribution is 2.50. The zero-order valence-electron chi connectivity index (χ0n) is 18.9. The number of methoxy groups -OCH3 is 1. The van der Waals surface area contributed by atoms with Crippen molar-refractivity contribution >= 4 is 11.5 Å². The zero-order chi connectivity index (χ0) is 23.1. The quantitative estimate of drug-likeness (QED) is 0.543. The van der Waals surface area contributed by atoms with Crippen molar-refractivity contribution in [1.82, 2.24) is 0 Å². The second kappa shape index (κ2) is 8.45. The van der Waals surface area contributed by atoms with Crippen molar-refractivity contribution in [2.45, 2.75) is 31.8 Å². The fraction of sp³-hybridized carbons (Fsp3) is 0.250. The van der Waals surface area contributed by atoms with Gasteiger partial charge in [0.15, 0.2) is 28.8 Å². The van der Waals surface area contributed by atoms with Gasteiger partial charge in [-0.1, -0.05) is 36.4 Å². The maximum absolute atomic E-state index is 13.1. The molecule has 34 heavy (non-hydrogen) atoms. The molecule has 6 rings (SSSR count). The zero-order valence-corrected chi connectivity index (χ0v) is 18.9. The number of allylic oxidation sites excluding steroid dienone is 2. The Morgan fingerprint density at radius 2 is 1.79 bits per heavy atom. The molecule has 0 fully saturated rings. The van der Waals surface area contributed by atoms with Gasteiger partial charge in [0.25, 0.3) is 0 Å². The van der Waals surface area contributed by atoms with Gasteiger partial charge < -0.3 is 24.3 Å². The lowest BCUT2D eigenvalue weighted by atomic mass is 9.75. The number of anilines is 1. The highest BCUT2D eigenvalue weighted by Gasteiger charge is 2.37. The van der Waals surface area contributed by atoms with Gasteiger partial charge in [0.2, 0.25) is 6.79 Å². The summed E-state index contributed by atoms with van der Waals surface area (Å²) in [7, 11) is 1.64. The largest absolute Gasteiger partial charge is 0.493 e. The van der Waals surface area contributed by atoms with Crippen LogP contribution in [0.25, 0.3) is 0 Å². The van der Waals surface area contributed by atoms with Crippen molar-refractivity contribution in [1.29, 1.82) is 0 Å². The van der Waals surface area contributed by atoms with E-state index < -0.39 is 0 Å². The van der Waals surface area contributed by atoms with Gasteiger partial charge in [-0.15, -0.1) is 0 Å². The molecule has 6 nitrogen and oxygen atoms in total. The molecule has 0 saturated heterocycles. The number of nitrogens with one attached hydrogen (secondary N) is 1. The molecule has 0 aromatic heterocycles. The van der Waals surface area contributed by atoms with Crippen LogP contribution in [0, 0.1) is 0 Å². The lowest BCUT2D eigenvalue weighted by Crippen LogP contribution is -2.26. The highest BCUT2D eigenvalue weighted by atomic mass is 16.7. The molecule has 3 aromatic carbocycles. The van der Waals surface area contributed by atoms with Crippen molar-refractivity contribution in [3.8, 4) is 23.0 Å². The third-order valence-electron chi connectivity index (χ3n) is 6.64. The molecule has 0 saturated carbocycles. The van der Waals surface area contributed by atoms with Crippen LogP contribution in [0.3, 0.4) is 0 Å². The Morgan fingerprint density at radius 1 is 0.971 bits per heavy atom. The van der Waals surface area contributed by atoms with Crippen LogP contribution in [0.5, 0.6) is 23.0 Å². The van der Waals surface area contributed by atoms with E-state index in [2.05, 4.69) is 5.32 Å². The van der Waals surface area contributed by atoms with Gasteiger partial charge in [-0.25, -0.2) is 0 Å². The molecule has 2 heterocycles. The van der Waals surface area contributed by atoms with E-state index in [4.69, 9.17) is 18.9 Å². The lowest BCUT2D eigenvalue weighted by molar-refractivity contribution is -0.116. The van der Waals surface area contributed by atoms with Gasteiger partial charge >= 0.3 is 0 Å². The van der Waals surface area contributed by atoms with E-state index in [1.165, 1.54) is 0 Å². The maximum Gasteiger partial charge on any atom is 0.231 e. The first-order valence-corrected chi connectivity index (χ1v) is 11.5. The first-order valence-electron chi connectivity index (χ1n) is 11.5. The highest BCUT2D eigenvalue weighted by molar-refractivity contribution is 6.01. The predicted molar refractivity (Wildman–Crippen MR) is 128 cm³/mol. The summed E-state index contributed by atoms with van der Waals surface area (Å²) in [5.74, 6) is 2.70. The number of ketones is 1. The van der Waals surface area contributed by atoms with Crippen molar-refractivity contribution in [2.24, 2.45) is 0 Å². The Kier molecular flexibility index (Phi) is 5.13. The first kappa shape index (κ1) is 20.7. The van der Waals surface area contributed by atoms with Gasteiger partial charge in [0.05, 0.1) is 7.11 Å². The van der Waals surface area contributed by atoms with Crippen LogP contribution in [-0.4, -0.2) is 19.7 Å². The number of hydrogen-bond acceptors (Lipinski definition) is 6. The summed E-state index contributed by atoms with van der Waals surface area (Å²) in [4.78, 5) is 13.1. The average molecular weight is 456 g/mol. The van der Waals surface area contributed by atoms with Crippen LogP contribution in [0.2, 0.25) is 0 Å². The van der Waals surface area contributed by atoms with Crippen LogP contribution >= 0.6 is 0 Å². The third-order valence-corrected chi connectivity index (χ3v) is 6.64. The molecule has 1 aliphatic carbocycles. The van der Waals surface area contributed by atoms with E-state index in [0.29, 0.717) is 30.3 Å². The number of fused-ring (bicyclic) bond motifs is 2. The number of carbonyl (C=O) groups excluding carboxylic acids is 1. The molecule has 0 radical (unpaired) electrons. The molecule has 1 atom stereocenters. The number of Topliss-reactive ketones (excluding diaryl/α,β-unsaturated/α-hetero) is 1. The predicted octanol–water partition coefficient (Wildman–Crippen LogP) is 5.57. The van der Waals surface area contributed by atoms with Crippen molar-refractivity contribution in [3.05, 3.63) is 88.6 Å². The minimum atomic E-state index is -0.217. The van der Waals surface area contributed by atoms with E-state index in [9.17, 15) is 4.79 Å². The fourth-order valence-corrected chi connectivity index (χ4v) is 5.02. The number of hydrogen-bond donors (Lipinski definition) is 1.